The number of halogens is 2. The monoisotopic (exact) mass is 438 g/mol. The van der Waals surface area contributed by atoms with Crippen molar-refractivity contribution in [2.75, 3.05) is 7.05 Å². The Kier molecular flexibility index (Phi) is 6.58. The Hall–Kier alpha value is -2.00. The van der Waals surface area contributed by atoms with Crippen LogP contribution >= 0.6 is 11.6 Å². The van der Waals surface area contributed by atoms with Crippen LogP contribution in [0, 0.1) is 5.82 Å². The molecule has 6 nitrogen and oxygen atoms in total. The van der Waals surface area contributed by atoms with Crippen LogP contribution in [0.3, 0.4) is 0 Å². The number of sulfonamides is 1. The number of nitrogens with two attached hydrogens (primary N) is 1. The number of imidazole rings is 1. The average Bonchev–Trinajstić information content (AvgIpc) is 2.98. The first-order valence-corrected chi connectivity index (χ1v) is 11.3. The minimum Gasteiger partial charge on any atom is -0.327 e. The summed E-state index contributed by atoms with van der Waals surface area (Å²) in [6.07, 6.45) is 1.97. The van der Waals surface area contributed by atoms with Gasteiger partial charge in [-0.05, 0) is 43.8 Å². The molecule has 0 amide bonds. The van der Waals surface area contributed by atoms with Crippen molar-refractivity contribution in [3.8, 4) is 0 Å². The smallest absolute Gasteiger partial charge is 0.238 e. The van der Waals surface area contributed by atoms with Crippen LogP contribution in [-0.2, 0) is 29.7 Å². The molecule has 0 saturated carbocycles. The van der Waals surface area contributed by atoms with Gasteiger partial charge >= 0.3 is 0 Å². The van der Waals surface area contributed by atoms with Crippen LogP contribution in [0.2, 0.25) is 5.02 Å². The second-order valence-corrected chi connectivity index (χ2v) is 9.07. The Morgan fingerprint density at radius 1 is 1.24 bits per heavy atom. The normalized spacial score (nSPS) is 12.2. The van der Waals surface area contributed by atoms with Crippen LogP contribution in [0.4, 0.5) is 4.39 Å². The topological polar surface area (TPSA) is 81.2 Å². The Morgan fingerprint density at radius 2 is 2.00 bits per heavy atom. The fourth-order valence-electron chi connectivity index (χ4n) is 3.27. The van der Waals surface area contributed by atoms with Crippen molar-refractivity contribution in [1.82, 2.24) is 14.5 Å². The summed E-state index contributed by atoms with van der Waals surface area (Å²) in [6.45, 7) is 3.63. The second-order valence-electron chi connectivity index (χ2n) is 7.10. The van der Waals surface area contributed by atoms with Gasteiger partial charge in [0.25, 0.3) is 0 Å². The highest BCUT2D eigenvalue weighted by atomic mass is 35.5. The van der Waals surface area contributed by atoms with E-state index in [4.69, 9.17) is 16.7 Å². The summed E-state index contributed by atoms with van der Waals surface area (Å²) in [6, 6.07) is 9.35. The average molecular weight is 439 g/mol. The van der Waals surface area contributed by atoms with Gasteiger partial charge in [-0.2, -0.15) is 0 Å². The summed E-state index contributed by atoms with van der Waals surface area (Å²) in [7, 11) is -1.94. The summed E-state index contributed by atoms with van der Waals surface area (Å²) < 4.78 is 39.5. The van der Waals surface area contributed by atoms with E-state index in [9.17, 15) is 12.8 Å². The molecule has 2 aromatic carbocycles. The van der Waals surface area contributed by atoms with Gasteiger partial charge in [0.1, 0.15) is 11.6 Å². The second kappa shape index (κ2) is 8.79. The lowest BCUT2D eigenvalue weighted by atomic mass is 10.2. The van der Waals surface area contributed by atoms with Crippen LogP contribution in [0.5, 0.6) is 0 Å². The molecule has 1 aromatic heterocycles. The lowest BCUT2D eigenvalue weighted by molar-refractivity contribution is 0.300. The molecule has 3 rings (SSSR count). The molecule has 0 aliphatic rings. The summed E-state index contributed by atoms with van der Waals surface area (Å²) in [5.41, 5.74) is 1.85. The van der Waals surface area contributed by atoms with Crippen molar-refractivity contribution in [3.63, 3.8) is 0 Å². The number of rotatable bonds is 8. The molecule has 0 atom stereocenters. The highest BCUT2D eigenvalue weighted by Crippen LogP contribution is 2.24. The third kappa shape index (κ3) is 4.95. The van der Waals surface area contributed by atoms with Crippen molar-refractivity contribution < 1.29 is 12.8 Å². The number of primary sulfonamides is 1. The number of fused-ring (bicyclic) bond motifs is 1. The van der Waals surface area contributed by atoms with Gasteiger partial charge in [0.2, 0.25) is 10.0 Å². The molecule has 29 heavy (non-hydrogen) atoms. The molecule has 3 aromatic rings. The van der Waals surface area contributed by atoms with E-state index in [1.54, 1.807) is 18.2 Å². The number of hydrogen-bond acceptors (Lipinski definition) is 4. The number of unbranched alkanes of at least 4 members (excludes halogenated alkanes) is 1. The van der Waals surface area contributed by atoms with Gasteiger partial charge in [-0.1, -0.05) is 31.0 Å². The number of aryl methyl sites for hydroxylation is 1. The van der Waals surface area contributed by atoms with Gasteiger partial charge in [0, 0.05) is 23.7 Å². The molecule has 0 spiro atoms. The van der Waals surface area contributed by atoms with Crippen LogP contribution in [-0.4, -0.2) is 29.9 Å². The highest BCUT2D eigenvalue weighted by Gasteiger charge is 2.17. The zero-order valence-electron chi connectivity index (χ0n) is 16.4. The quantitative estimate of drug-likeness (QED) is 0.578. The van der Waals surface area contributed by atoms with Gasteiger partial charge in [0.05, 0.1) is 22.5 Å². The van der Waals surface area contributed by atoms with Crippen molar-refractivity contribution in [1.29, 1.82) is 0 Å². The van der Waals surface area contributed by atoms with E-state index in [-0.39, 0.29) is 10.7 Å². The minimum atomic E-state index is -3.80. The first-order chi connectivity index (χ1) is 13.7. The Balaban J connectivity index is 1.94. The number of nitrogens with zero attached hydrogens (tertiary/aromatic N) is 3. The molecule has 0 aliphatic carbocycles. The van der Waals surface area contributed by atoms with E-state index in [1.165, 1.54) is 18.2 Å². The van der Waals surface area contributed by atoms with Crippen molar-refractivity contribution in [3.05, 3.63) is 58.6 Å². The molecule has 0 saturated heterocycles. The summed E-state index contributed by atoms with van der Waals surface area (Å²) in [5.74, 6) is 0.427. The lowest BCUT2D eigenvalue weighted by Crippen LogP contribution is -2.21. The van der Waals surface area contributed by atoms with Crippen LogP contribution < -0.4 is 5.14 Å². The molecule has 0 bridgehead atoms. The van der Waals surface area contributed by atoms with E-state index in [0.717, 1.165) is 30.7 Å². The maximum absolute atomic E-state index is 14.1. The van der Waals surface area contributed by atoms with Crippen molar-refractivity contribution >= 4 is 32.7 Å². The third-order valence-corrected chi connectivity index (χ3v) is 6.03. The summed E-state index contributed by atoms with van der Waals surface area (Å²) >= 11 is 6.14. The van der Waals surface area contributed by atoms with Crippen LogP contribution in [0.25, 0.3) is 11.0 Å². The molecule has 0 aliphatic heterocycles. The van der Waals surface area contributed by atoms with E-state index < -0.39 is 10.0 Å². The number of aromatic nitrogens is 2. The molecule has 9 heteroatoms. The highest BCUT2D eigenvalue weighted by molar-refractivity contribution is 7.89. The Morgan fingerprint density at radius 3 is 2.66 bits per heavy atom. The van der Waals surface area contributed by atoms with Gasteiger partial charge < -0.3 is 4.57 Å². The molecule has 1 heterocycles. The maximum atomic E-state index is 14.1. The van der Waals surface area contributed by atoms with Crippen molar-refractivity contribution in [2.24, 2.45) is 5.14 Å². The Bertz CT molecular complexity index is 1110. The molecule has 0 unspecified atom stereocenters. The standard InChI is InChI=1S/C20H24ClFN4O2S/c1-3-4-10-26-19-9-8-14(29(23,27)28)11-18(19)24-20(26)13-25(2)12-15-16(21)6-5-7-17(15)22/h5-9,11H,3-4,10,12-13H2,1-2H3,(H2,23,27,28). The zero-order chi connectivity index (χ0) is 21.2. The van der Waals surface area contributed by atoms with E-state index in [0.29, 0.717) is 29.2 Å². The van der Waals surface area contributed by atoms with Gasteiger partial charge in [0.15, 0.2) is 0 Å². The largest absolute Gasteiger partial charge is 0.327 e. The summed E-state index contributed by atoms with van der Waals surface area (Å²) in [4.78, 5) is 6.60. The first-order valence-electron chi connectivity index (χ1n) is 9.34. The van der Waals surface area contributed by atoms with Crippen molar-refractivity contribution in [2.45, 2.75) is 44.3 Å². The van der Waals surface area contributed by atoms with Gasteiger partial charge in [-0.25, -0.2) is 22.9 Å². The molecule has 0 fully saturated rings. The van der Waals surface area contributed by atoms with Gasteiger partial charge in [-0.15, -0.1) is 0 Å². The molecular formula is C20H24ClFN4O2S. The Labute approximate surface area is 175 Å². The molecule has 156 valence electrons. The number of benzene rings is 2. The molecule has 0 radical (unpaired) electrons. The predicted molar refractivity (Wildman–Crippen MR) is 113 cm³/mol. The van der Waals surface area contributed by atoms with E-state index in [2.05, 4.69) is 16.5 Å². The predicted octanol–water partition coefficient (Wildman–Crippen LogP) is 3.91. The molecular weight excluding hydrogens is 415 g/mol. The number of hydrogen-bond donors (Lipinski definition) is 1. The lowest BCUT2D eigenvalue weighted by Gasteiger charge is -2.18. The van der Waals surface area contributed by atoms with E-state index in [1.807, 2.05) is 11.9 Å². The zero-order valence-corrected chi connectivity index (χ0v) is 18.0. The maximum Gasteiger partial charge on any atom is 0.238 e. The first kappa shape index (κ1) is 21.7. The third-order valence-electron chi connectivity index (χ3n) is 4.76. The fourth-order valence-corrected chi connectivity index (χ4v) is 4.03. The fraction of sp³-hybridized carbons (Fsp3) is 0.350. The summed E-state index contributed by atoms with van der Waals surface area (Å²) in [5, 5.41) is 5.63. The van der Waals surface area contributed by atoms with Crippen LogP contribution in [0.1, 0.15) is 31.2 Å². The molecule has 2 N–H and O–H groups in total. The van der Waals surface area contributed by atoms with E-state index >= 15 is 0 Å². The van der Waals surface area contributed by atoms with Gasteiger partial charge in [-0.3, -0.25) is 4.90 Å². The van der Waals surface area contributed by atoms with Crippen LogP contribution in [0.15, 0.2) is 41.3 Å². The minimum absolute atomic E-state index is 0.0307. The SMILES string of the molecule is CCCCn1c(CN(C)Cc2c(F)cccc2Cl)nc2cc(S(N)(=O)=O)ccc21.